The zero-order valence-electron chi connectivity index (χ0n) is 13.8. The standard InChI is InChI=1S/C16H16ClNO7S/c1-23-16-14(9-13(18(19)20)10-15(16)26(17,21)22)25-8-7-24-11-12-5-3-2-4-6-12/h2-6,9-10H,7-8,11H2,1H3. The maximum Gasteiger partial charge on any atom is 0.274 e. The Morgan fingerprint density at radius 1 is 1.15 bits per heavy atom. The van der Waals surface area contributed by atoms with Gasteiger partial charge in [0.1, 0.15) is 11.5 Å². The van der Waals surface area contributed by atoms with Crippen LogP contribution >= 0.6 is 10.7 Å². The molecule has 26 heavy (non-hydrogen) atoms. The first kappa shape index (κ1) is 20.0. The predicted octanol–water partition coefficient (Wildman–Crippen LogP) is 3.13. The summed E-state index contributed by atoms with van der Waals surface area (Å²) in [6.45, 7) is 0.591. The first-order valence-electron chi connectivity index (χ1n) is 7.38. The van der Waals surface area contributed by atoms with Crippen LogP contribution in [0.25, 0.3) is 0 Å². The van der Waals surface area contributed by atoms with Crippen molar-refractivity contribution in [1.82, 2.24) is 0 Å². The summed E-state index contributed by atoms with van der Waals surface area (Å²) in [5, 5.41) is 11.0. The Kier molecular flexibility index (Phi) is 6.78. The van der Waals surface area contributed by atoms with Gasteiger partial charge in [-0.05, 0) is 5.56 Å². The van der Waals surface area contributed by atoms with Crippen LogP contribution in [0.15, 0.2) is 47.4 Å². The normalized spacial score (nSPS) is 11.2. The van der Waals surface area contributed by atoms with E-state index in [1.165, 1.54) is 7.11 Å². The number of ether oxygens (including phenoxy) is 3. The molecule has 0 unspecified atom stereocenters. The van der Waals surface area contributed by atoms with Crippen molar-refractivity contribution in [2.75, 3.05) is 20.3 Å². The number of non-ortho nitro benzene ring substituents is 1. The lowest BCUT2D eigenvalue weighted by molar-refractivity contribution is -0.385. The second-order valence-corrected chi connectivity index (χ2v) is 7.59. The molecule has 0 saturated carbocycles. The first-order valence-corrected chi connectivity index (χ1v) is 9.69. The smallest absolute Gasteiger partial charge is 0.274 e. The highest BCUT2D eigenvalue weighted by atomic mass is 35.7. The molecule has 0 saturated heterocycles. The summed E-state index contributed by atoms with van der Waals surface area (Å²) in [6, 6.07) is 11.4. The van der Waals surface area contributed by atoms with E-state index < -0.39 is 24.6 Å². The molecule has 10 heteroatoms. The fourth-order valence-electron chi connectivity index (χ4n) is 2.13. The van der Waals surface area contributed by atoms with Gasteiger partial charge in [-0.3, -0.25) is 10.1 Å². The second kappa shape index (κ2) is 8.84. The summed E-state index contributed by atoms with van der Waals surface area (Å²) >= 11 is 0. The Hall–Kier alpha value is -2.36. The van der Waals surface area contributed by atoms with E-state index in [0.717, 1.165) is 17.7 Å². The molecule has 140 valence electrons. The van der Waals surface area contributed by atoms with E-state index in [4.69, 9.17) is 24.9 Å². The summed E-state index contributed by atoms with van der Waals surface area (Å²) in [4.78, 5) is 9.73. The minimum absolute atomic E-state index is 0.0339. The van der Waals surface area contributed by atoms with Gasteiger partial charge in [-0.25, -0.2) is 8.42 Å². The average molecular weight is 402 g/mol. The Bertz CT molecular complexity index is 872. The van der Waals surface area contributed by atoms with Crippen LogP contribution in [0.2, 0.25) is 0 Å². The zero-order valence-corrected chi connectivity index (χ0v) is 15.3. The van der Waals surface area contributed by atoms with Crippen molar-refractivity contribution in [2.24, 2.45) is 0 Å². The Balaban J connectivity index is 2.09. The largest absolute Gasteiger partial charge is 0.492 e. The number of methoxy groups -OCH3 is 1. The monoisotopic (exact) mass is 401 g/mol. The molecule has 0 aliphatic carbocycles. The molecule has 8 nitrogen and oxygen atoms in total. The molecule has 0 atom stereocenters. The zero-order chi connectivity index (χ0) is 19.2. The van der Waals surface area contributed by atoms with E-state index in [0.29, 0.717) is 6.61 Å². The van der Waals surface area contributed by atoms with Crippen LogP contribution in [0.4, 0.5) is 5.69 Å². The SMILES string of the molecule is COc1c(OCCOCc2ccccc2)cc([N+](=O)[O-])cc1S(=O)(=O)Cl. The number of benzene rings is 2. The van der Waals surface area contributed by atoms with Gasteiger partial charge in [0, 0.05) is 16.7 Å². The molecule has 0 fully saturated rings. The molecule has 0 aliphatic rings. The van der Waals surface area contributed by atoms with E-state index in [2.05, 4.69) is 0 Å². The van der Waals surface area contributed by atoms with E-state index >= 15 is 0 Å². The van der Waals surface area contributed by atoms with Gasteiger partial charge in [-0.1, -0.05) is 30.3 Å². The molecular formula is C16H16ClNO7S. The number of nitro benzene ring substituents is 1. The summed E-state index contributed by atoms with van der Waals surface area (Å²) < 4.78 is 39.2. The molecule has 2 rings (SSSR count). The maximum absolute atomic E-state index is 11.7. The fraction of sp³-hybridized carbons (Fsp3) is 0.250. The van der Waals surface area contributed by atoms with Crippen LogP contribution in [-0.4, -0.2) is 33.7 Å². The minimum atomic E-state index is -4.26. The second-order valence-electron chi connectivity index (χ2n) is 5.06. The number of rotatable bonds is 9. The lowest BCUT2D eigenvalue weighted by Crippen LogP contribution is -2.09. The molecule has 0 heterocycles. The first-order chi connectivity index (χ1) is 12.3. The number of nitro groups is 1. The molecule has 0 radical (unpaired) electrons. The topological polar surface area (TPSA) is 105 Å². The maximum atomic E-state index is 11.7. The number of hydrogen-bond donors (Lipinski definition) is 0. The third kappa shape index (κ3) is 5.32. The lowest BCUT2D eigenvalue weighted by Gasteiger charge is -2.13. The summed E-state index contributed by atoms with van der Waals surface area (Å²) in [5.74, 6) is -0.308. The molecule has 0 bridgehead atoms. The molecule has 0 N–H and O–H groups in total. The van der Waals surface area contributed by atoms with Crippen LogP contribution in [0, 0.1) is 10.1 Å². The van der Waals surface area contributed by atoms with Gasteiger partial charge in [0.25, 0.3) is 14.7 Å². The molecule has 0 aromatic heterocycles. The van der Waals surface area contributed by atoms with Crippen molar-refractivity contribution in [3.05, 3.63) is 58.1 Å². The van der Waals surface area contributed by atoms with E-state index in [1.807, 2.05) is 30.3 Å². The highest BCUT2D eigenvalue weighted by Crippen LogP contribution is 2.39. The van der Waals surface area contributed by atoms with Crippen LogP contribution in [0.1, 0.15) is 5.56 Å². The number of halogens is 1. The van der Waals surface area contributed by atoms with E-state index in [-0.39, 0.29) is 24.7 Å². The van der Waals surface area contributed by atoms with Gasteiger partial charge < -0.3 is 14.2 Å². The third-order valence-corrected chi connectivity index (χ3v) is 4.61. The van der Waals surface area contributed by atoms with Crippen molar-refractivity contribution in [3.8, 4) is 11.5 Å². The Morgan fingerprint density at radius 2 is 1.85 bits per heavy atom. The quantitative estimate of drug-likeness (QED) is 0.275. The molecule has 0 amide bonds. The van der Waals surface area contributed by atoms with Crippen molar-refractivity contribution in [2.45, 2.75) is 11.5 Å². The molecule has 0 aliphatic heterocycles. The molecule has 2 aromatic rings. The Morgan fingerprint density at radius 3 is 2.42 bits per heavy atom. The summed E-state index contributed by atoms with van der Waals surface area (Å²) in [6.07, 6.45) is 0. The summed E-state index contributed by atoms with van der Waals surface area (Å²) in [7, 11) is 2.28. The molecule has 2 aromatic carbocycles. The molecular weight excluding hydrogens is 386 g/mol. The number of nitrogens with zero attached hydrogens (tertiary/aromatic N) is 1. The van der Waals surface area contributed by atoms with Gasteiger partial charge in [-0.2, -0.15) is 0 Å². The van der Waals surface area contributed by atoms with Crippen LogP contribution in [0.5, 0.6) is 11.5 Å². The van der Waals surface area contributed by atoms with E-state index in [9.17, 15) is 18.5 Å². The van der Waals surface area contributed by atoms with Crippen molar-refractivity contribution < 1.29 is 27.6 Å². The van der Waals surface area contributed by atoms with Crippen LogP contribution in [0.3, 0.4) is 0 Å². The summed E-state index contributed by atoms with van der Waals surface area (Å²) in [5.41, 5.74) is 0.501. The minimum Gasteiger partial charge on any atom is -0.492 e. The van der Waals surface area contributed by atoms with Crippen LogP contribution in [-0.2, 0) is 20.4 Å². The van der Waals surface area contributed by atoms with Gasteiger partial charge in [0.05, 0.1) is 31.3 Å². The highest BCUT2D eigenvalue weighted by Gasteiger charge is 2.26. The van der Waals surface area contributed by atoms with Gasteiger partial charge in [0.2, 0.25) is 0 Å². The van der Waals surface area contributed by atoms with Crippen molar-refractivity contribution in [1.29, 1.82) is 0 Å². The van der Waals surface area contributed by atoms with E-state index in [1.54, 1.807) is 0 Å². The van der Waals surface area contributed by atoms with Gasteiger partial charge >= 0.3 is 0 Å². The average Bonchev–Trinajstić information content (AvgIpc) is 2.60. The number of hydrogen-bond acceptors (Lipinski definition) is 7. The van der Waals surface area contributed by atoms with Gasteiger partial charge in [0.15, 0.2) is 11.5 Å². The fourth-order valence-corrected chi connectivity index (χ4v) is 3.14. The van der Waals surface area contributed by atoms with Crippen LogP contribution < -0.4 is 9.47 Å². The predicted molar refractivity (Wildman–Crippen MR) is 94.3 cm³/mol. The van der Waals surface area contributed by atoms with Crippen molar-refractivity contribution in [3.63, 3.8) is 0 Å². The molecule has 0 spiro atoms. The van der Waals surface area contributed by atoms with Gasteiger partial charge in [-0.15, -0.1) is 0 Å². The lowest BCUT2D eigenvalue weighted by atomic mass is 10.2. The highest BCUT2D eigenvalue weighted by molar-refractivity contribution is 8.13. The Labute approximate surface area is 154 Å². The third-order valence-electron chi connectivity index (χ3n) is 3.28. The van der Waals surface area contributed by atoms with Crippen molar-refractivity contribution >= 4 is 25.4 Å².